The molecule has 0 aliphatic heterocycles. The normalized spacial score (nSPS) is 11.8. The molecular weight excluding hydrogens is 196 g/mol. The van der Waals surface area contributed by atoms with Gasteiger partial charge in [-0.05, 0) is 29.9 Å². The number of phenolic OH excluding ortho intramolecular Hbond substituents is 1. The van der Waals surface area contributed by atoms with Gasteiger partial charge < -0.3 is 5.11 Å². The lowest BCUT2D eigenvalue weighted by Gasteiger charge is -2.26. The van der Waals surface area contributed by atoms with Crippen molar-refractivity contribution in [2.45, 2.75) is 58.8 Å². The summed E-state index contributed by atoms with van der Waals surface area (Å²) in [4.78, 5) is 0. The first-order valence-electron chi connectivity index (χ1n) is 6.28. The molecule has 0 aromatic heterocycles. The Morgan fingerprint density at radius 3 is 2.50 bits per heavy atom. The van der Waals surface area contributed by atoms with Crippen LogP contribution in [-0.4, -0.2) is 5.11 Å². The first-order valence-corrected chi connectivity index (χ1v) is 6.28. The Morgan fingerprint density at radius 1 is 1.19 bits per heavy atom. The molecular formula is C15H24O. The summed E-state index contributed by atoms with van der Waals surface area (Å²) >= 11 is 0. The smallest absolute Gasteiger partial charge is 0.122 e. The SMILES string of the molecule is CCCCCC(C)(C)c1cccc(C)c1O. The number of aryl methyl sites for hydroxylation is 1. The number of para-hydroxylation sites is 1. The Hall–Kier alpha value is -0.980. The third-order valence-electron chi connectivity index (χ3n) is 3.37. The number of hydrogen-bond donors (Lipinski definition) is 1. The standard InChI is InChI=1S/C15H24O/c1-5-6-7-11-15(3,4)13-10-8-9-12(2)14(13)16/h8-10,16H,5-7,11H2,1-4H3. The summed E-state index contributed by atoms with van der Waals surface area (Å²) < 4.78 is 0. The van der Waals surface area contributed by atoms with Gasteiger partial charge in [0.1, 0.15) is 5.75 Å². The maximum atomic E-state index is 10.1. The summed E-state index contributed by atoms with van der Waals surface area (Å²) in [5.74, 6) is 0.476. The highest BCUT2D eigenvalue weighted by Gasteiger charge is 2.23. The van der Waals surface area contributed by atoms with E-state index in [0.29, 0.717) is 5.75 Å². The Kier molecular flexibility index (Phi) is 4.40. The van der Waals surface area contributed by atoms with Crippen LogP contribution in [0.4, 0.5) is 0 Å². The van der Waals surface area contributed by atoms with Crippen molar-refractivity contribution in [2.75, 3.05) is 0 Å². The van der Waals surface area contributed by atoms with Crippen molar-refractivity contribution in [3.63, 3.8) is 0 Å². The third kappa shape index (κ3) is 3.01. The minimum absolute atomic E-state index is 0.0747. The largest absolute Gasteiger partial charge is 0.507 e. The van der Waals surface area contributed by atoms with E-state index in [2.05, 4.69) is 20.8 Å². The molecule has 0 radical (unpaired) electrons. The minimum Gasteiger partial charge on any atom is -0.507 e. The monoisotopic (exact) mass is 220 g/mol. The molecule has 0 unspecified atom stereocenters. The van der Waals surface area contributed by atoms with Crippen LogP contribution in [0.5, 0.6) is 5.75 Å². The van der Waals surface area contributed by atoms with Gasteiger partial charge in [-0.15, -0.1) is 0 Å². The Labute approximate surface area is 99.5 Å². The number of rotatable bonds is 5. The number of hydrogen-bond acceptors (Lipinski definition) is 1. The lowest BCUT2D eigenvalue weighted by molar-refractivity contribution is 0.406. The first-order chi connectivity index (χ1) is 7.49. The van der Waals surface area contributed by atoms with E-state index >= 15 is 0 Å². The van der Waals surface area contributed by atoms with Gasteiger partial charge >= 0.3 is 0 Å². The van der Waals surface area contributed by atoms with Crippen molar-refractivity contribution in [1.29, 1.82) is 0 Å². The average molecular weight is 220 g/mol. The fraction of sp³-hybridized carbons (Fsp3) is 0.600. The zero-order chi connectivity index (χ0) is 12.2. The highest BCUT2D eigenvalue weighted by molar-refractivity contribution is 5.43. The van der Waals surface area contributed by atoms with Gasteiger partial charge in [-0.1, -0.05) is 58.2 Å². The molecule has 0 heterocycles. The van der Waals surface area contributed by atoms with E-state index < -0.39 is 0 Å². The predicted octanol–water partition coefficient (Wildman–Crippen LogP) is 4.56. The van der Waals surface area contributed by atoms with E-state index in [-0.39, 0.29) is 5.41 Å². The molecule has 0 saturated carbocycles. The summed E-state index contributed by atoms with van der Waals surface area (Å²) in [5.41, 5.74) is 2.13. The van der Waals surface area contributed by atoms with Crippen molar-refractivity contribution < 1.29 is 5.11 Å². The second kappa shape index (κ2) is 5.38. The predicted molar refractivity (Wildman–Crippen MR) is 70.0 cm³/mol. The van der Waals surface area contributed by atoms with Crippen LogP contribution in [0.25, 0.3) is 0 Å². The molecule has 1 heteroatoms. The molecule has 90 valence electrons. The Bertz CT molecular complexity index is 339. The fourth-order valence-electron chi connectivity index (χ4n) is 2.16. The van der Waals surface area contributed by atoms with Gasteiger partial charge in [0.25, 0.3) is 0 Å². The highest BCUT2D eigenvalue weighted by Crippen LogP contribution is 2.36. The van der Waals surface area contributed by atoms with Gasteiger partial charge in [-0.2, -0.15) is 0 Å². The molecule has 1 aromatic rings. The van der Waals surface area contributed by atoms with Gasteiger partial charge in [0.2, 0.25) is 0 Å². The van der Waals surface area contributed by atoms with Crippen LogP contribution in [0.15, 0.2) is 18.2 Å². The van der Waals surface area contributed by atoms with E-state index in [1.54, 1.807) is 0 Å². The Balaban J connectivity index is 2.84. The van der Waals surface area contributed by atoms with E-state index in [0.717, 1.165) is 17.5 Å². The summed E-state index contributed by atoms with van der Waals surface area (Å²) in [5, 5.41) is 10.1. The molecule has 0 atom stereocenters. The molecule has 0 amide bonds. The van der Waals surface area contributed by atoms with Crippen LogP contribution in [0.2, 0.25) is 0 Å². The van der Waals surface area contributed by atoms with Gasteiger partial charge in [0.15, 0.2) is 0 Å². The minimum atomic E-state index is 0.0747. The van der Waals surface area contributed by atoms with Gasteiger partial charge in [0, 0.05) is 0 Å². The quantitative estimate of drug-likeness (QED) is 0.721. The number of phenols is 1. The Morgan fingerprint density at radius 2 is 1.88 bits per heavy atom. The van der Waals surface area contributed by atoms with Gasteiger partial charge in [-0.25, -0.2) is 0 Å². The molecule has 16 heavy (non-hydrogen) atoms. The molecule has 1 N–H and O–H groups in total. The number of benzene rings is 1. The molecule has 1 rings (SSSR count). The summed E-state index contributed by atoms with van der Waals surface area (Å²) in [6, 6.07) is 6.04. The second-order valence-corrected chi connectivity index (χ2v) is 5.31. The molecule has 0 fully saturated rings. The average Bonchev–Trinajstić information content (AvgIpc) is 2.22. The maximum Gasteiger partial charge on any atom is 0.122 e. The number of unbranched alkanes of at least 4 members (excludes halogenated alkanes) is 2. The van der Waals surface area contributed by atoms with Crippen molar-refractivity contribution in [1.82, 2.24) is 0 Å². The van der Waals surface area contributed by atoms with Crippen molar-refractivity contribution >= 4 is 0 Å². The molecule has 1 aromatic carbocycles. The van der Waals surface area contributed by atoms with Gasteiger partial charge in [-0.3, -0.25) is 0 Å². The van der Waals surface area contributed by atoms with Crippen LogP contribution >= 0.6 is 0 Å². The second-order valence-electron chi connectivity index (χ2n) is 5.31. The van der Waals surface area contributed by atoms with Crippen LogP contribution in [-0.2, 0) is 5.41 Å². The van der Waals surface area contributed by atoms with Crippen molar-refractivity contribution in [2.24, 2.45) is 0 Å². The molecule has 0 aliphatic rings. The van der Waals surface area contributed by atoms with Crippen molar-refractivity contribution in [3.8, 4) is 5.75 Å². The van der Waals surface area contributed by atoms with Crippen LogP contribution in [0, 0.1) is 6.92 Å². The third-order valence-corrected chi connectivity index (χ3v) is 3.37. The molecule has 0 spiro atoms. The molecule has 0 bridgehead atoms. The molecule has 1 nitrogen and oxygen atoms in total. The zero-order valence-corrected chi connectivity index (χ0v) is 11.0. The molecule has 0 saturated heterocycles. The number of aromatic hydroxyl groups is 1. The van der Waals surface area contributed by atoms with E-state index in [1.165, 1.54) is 19.3 Å². The fourth-order valence-corrected chi connectivity index (χ4v) is 2.16. The van der Waals surface area contributed by atoms with E-state index in [1.807, 2.05) is 25.1 Å². The topological polar surface area (TPSA) is 20.2 Å². The molecule has 0 aliphatic carbocycles. The van der Waals surface area contributed by atoms with Gasteiger partial charge in [0.05, 0.1) is 0 Å². The van der Waals surface area contributed by atoms with Crippen LogP contribution < -0.4 is 0 Å². The lowest BCUT2D eigenvalue weighted by Crippen LogP contribution is -2.17. The highest BCUT2D eigenvalue weighted by atomic mass is 16.3. The van der Waals surface area contributed by atoms with E-state index in [9.17, 15) is 5.11 Å². The summed E-state index contributed by atoms with van der Waals surface area (Å²) in [7, 11) is 0. The maximum absolute atomic E-state index is 10.1. The zero-order valence-electron chi connectivity index (χ0n) is 11.0. The summed E-state index contributed by atoms with van der Waals surface area (Å²) in [6.45, 7) is 8.62. The first kappa shape index (κ1) is 13.1. The van der Waals surface area contributed by atoms with E-state index in [4.69, 9.17) is 0 Å². The lowest BCUT2D eigenvalue weighted by atomic mass is 9.79. The van der Waals surface area contributed by atoms with Crippen LogP contribution in [0.3, 0.4) is 0 Å². The summed E-state index contributed by atoms with van der Waals surface area (Å²) in [6.07, 6.45) is 4.89. The van der Waals surface area contributed by atoms with Crippen LogP contribution in [0.1, 0.15) is 57.6 Å². The van der Waals surface area contributed by atoms with Crippen molar-refractivity contribution in [3.05, 3.63) is 29.3 Å².